The van der Waals surface area contributed by atoms with Crippen molar-refractivity contribution in [2.75, 3.05) is 0 Å². The van der Waals surface area contributed by atoms with Crippen LogP contribution < -0.4 is 0 Å². The lowest BCUT2D eigenvalue weighted by atomic mass is 10.2. The molecule has 0 aromatic carbocycles. The molecule has 1 nitrogen and oxygen atoms in total. The Hall–Kier alpha value is -0.370. The summed E-state index contributed by atoms with van der Waals surface area (Å²) in [4.78, 5) is 3.63. The summed E-state index contributed by atoms with van der Waals surface area (Å²) in [6.45, 7) is -5.29. The van der Waals surface area contributed by atoms with Crippen LogP contribution in [0.2, 0.25) is 0 Å². The first kappa shape index (κ1) is 2.31. The Morgan fingerprint density at radius 1 is 1.90 bits per heavy atom. The molecule has 54 valence electrons. The molecule has 0 amide bonds. The van der Waals surface area contributed by atoms with Crippen LogP contribution in [0.4, 0.5) is 0 Å². The predicted octanol–water partition coefficient (Wildman–Crippen LogP) is 2.71. The molecule has 0 saturated carbocycles. The van der Waals surface area contributed by atoms with Gasteiger partial charge in [-0.15, -0.1) is 0 Å². The lowest BCUT2D eigenvalue weighted by Gasteiger charge is -1.98. The van der Waals surface area contributed by atoms with Crippen molar-refractivity contribution in [1.82, 2.24) is 4.98 Å². The van der Waals surface area contributed by atoms with Gasteiger partial charge in [-0.05, 0) is 40.8 Å². The van der Waals surface area contributed by atoms with Gasteiger partial charge in [0.15, 0.2) is 0 Å². The summed E-state index contributed by atoms with van der Waals surface area (Å²) < 4.78 is 58.1. The molecule has 0 radical (unpaired) electrons. The average Bonchev–Trinajstić information content (AvgIpc) is 2.13. The van der Waals surface area contributed by atoms with E-state index in [9.17, 15) is 0 Å². The number of hydrogen-bond donors (Lipinski definition) is 0. The third-order valence-corrected chi connectivity index (χ3v) is 1.59. The summed E-state index contributed by atoms with van der Waals surface area (Å²) >= 11 is 2.97. The fraction of sp³-hybridized carbons (Fsp3) is 0.375. The van der Waals surface area contributed by atoms with Crippen LogP contribution in [0, 0.1) is 6.85 Å². The van der Waals surface area contributed by atoms with Crippen molar-refractivity contribution in [3.05, 3.63) is 28.0 Å². The molecule has 0 fully saturated rings. The number of aryl methyl sites for hydroxylation is 2. The van der Waals surface area contributed by atoms with Crippen molar-refractivity contribution in [3.63, 3.8) is 0 Å². The number of aromatic nitrogens is 1. The van der Waals surface area contributed by atoms with E-state index in [2.05, 4.69) is 20.9 Å². The Morgan fingerprint density at radius 3 is 3.40 bits per heavy atom. The van der Waals surface area contributed by atoms with Crippen LogP contribution in [0.25, 0.3) is 0 Å². The van der Waals surface area contributed by atoms with Gasteiger partial charge in [-0.25, -0.2) is 0 Å². The van der Waals surface area contributed by atoms with E-state index < -0.39 is 20.1 Å². The minimum Gasteiger partial charge on any atom is -0.260 e. The molecule has 0 atom stereocenters. The van der Waals surface area contributed by atoms with Gasteiger partial charge < -0.3 is 0 Å². The summed E-state index contributed by atoms with van der Waals surface area (Å²) in [6.07, 6.45) is -1.64. The highest BCUT2D eigenvalue weighted by Gasteiger charge is 1.95. The standard InChI is InChI=1S/C8H10BrN/c1-3-7-4-8(9)6(2)10-5-7/h4-5H,3H2,1-2H3/i1D3,2D3,3D2. The van der Waals surface area contributed by atoms with Gasteiger partial charge in [0, 0.05) is 21.6 Å². The van der Waals surface area contributed by atoms with E-state index in [0.717, 1.165) is 12.3 Å². The first-order valence-electron chi connectivity index (χ1n) is 6.54. The molecule has 1 aromatic heterocycles. The SMILES string of the molecule is [2H]C([2H])([2H])c1ncc(C([2H])([2H])C([2H])([2H])[2H])cc1Br. The van der Waals surface area contributed by atoms with Gasteiger partial charge in [0.25, 0.3) is 0 Å². The van der Waals surface area contributed by atoms with Crippen LogP contribution in [0.5, 0.6) is 0 Å². The van der Waals surface area contributed by atoms with Crippen LogP contribution in [0.3, 0.4) is 0 Å². The minimum absolute atomic E-state index is 0.0631. The smallest absolute Gasteiger partial charge is 0.0514 e. The van der Waals surface area contributed by atoms with E-state index in [1.807, 2.05) is 0 Å². The zero-order valence-corrected chi connectivity index (χ0v) is 6.57. The molecular formula is C8H10BrN. The molecule has 1 aromatic rings. The minimum atomic E-state index is -2.85. The Kier molecular flexibility index (Phi) is 0.727. The summed E-state index contributed by atoms with van der Waals surface area (Å²) in [5.41, 5.74) is -0.421. The lowest BCUT2D eigenvalue weighted by molar-refractivity contribution is 1.07. The Bertz CT molecular complexity index is 449. The van der Waals surface area contributed by atoms with E-state index in [4.69, 9.17) is 11.0 Å². The van der Waals surface area contributed by atoms with E-state index in [-0.39, 0.29) is 15.7 Å². The number of rotatable bonds is 1. The molecule has 0 N–H and O–H groups in total. The Labute approximate surface area is 80.9 Å². The summed E-state index contributed by atoms with van der Waals surface area (Å²) in [5, 5.41) is 0. The maximum Gasteiger partial charge on any atom is 0.0514 e. The summed E-state index contributed by atoms with van der Waals surface area (Å²) in [6, 6.07) is 1.14. The third kappa shape index (κ3) is 1.57. The molecule has 0 aliphatic rings. The molecule has 0 unspecified atom stereocenters. The predicted molar refractivity (Wildman–Crippen MR) is 46.1 cm³/mol. The first-order valence-corrected chi connectivity index (χ1v) is 3.33. The van der Waals surface area contributed by atoms with Crippen molar-refractivity contribution >= 4 is 15.9 Å². The highest BCUT2D eigenvalue weighted by atomic mass is 79.9. The van der Waals surface area contributed by atoms with Gasteiger partial charge in [-0.1, -0.05) is 6.85 Å². The van der Waals surface area contributed by atoms with E-state index >= 15 is 0 Å². The number of nitrogens with zero attached hydrogens (tertiary/aromatic N) is 1. The zero-order chi connectivity index (χ0) is 14.4. The second-order valence-electron chi connectivity index (χ2n) is 1.68. The fourth-order valence-electron chi connectivity index (χ4n) is 0.506. The Morgan fingerprint density at radius 2 is 2.80 bits per heavy atom. The largest absolute Gasteiger partial charge is 0.260 e. The maximum absolute atomic E-state index is 7.54. The van der Waals surface area contributed by atoms with Gasteiger partial charge in [0.1, 0.15) is 0 Å². The molecule has 0 bridgehead atoms. The molecule has 0 aliphatic heterocycles. The molecule has 2 heteroatoms. The first-order chi connectivity index (χ1) is 7.87. The Balaban J connectivity index is 3.29. The number of halogens is 1. The summed E-state index contributed by atoms with van der Waals surface area (Å²) in [7, 11) is 0. The fourth-order valence-corrected chi connectivity index (χ4v) is 0.855. The highest BCUT2D eigenvalue weighted by Crippen LogP contribution is 2.14. The normalized spacial score (nSPS) is 25.7. The molecule has 0 saturated heterocycles. The van der Waals surface area contributed by atoms with Gasteiger partial charge in [0.05, 0.1) is 5.69 Å². The van der Waals surface area contributed by atoms with Gasteiger partial charge in [-0.3, -0.25) is 4.98 Å². The van der Waals surface area contributed by atoms with E-state index in [1.165, 1.54) is 0 Å². The number of hydrogen-bond acceptors (Lipinski definition) is 1. The highest BCUT2D eigenvalue weighted by molar-refractivity contribution is 9.10. The summed E-state index contributed by atoms with van der Waals surface area (Å²) in [5.74, 6) is 0. The monoisotopic (exact) mass is 207 g/mol. The molecule has 1 rings (SSSR count). The maximum atomic E-state index is 7.54. The number of pyridine rings is 1. The molecule has 10 heavy (non-hydrogen) atoms. The van der Waals surface area contributed by atoms with Crippen molar-refractivity contribution in [2.24, 2.45) is 0 Å². The lowest BCUT2D eigenvalue weighted by Crippen LogP contribution is -1.86. The topological polar surface area (TPSA) is 12.9 Å². The second-order valence-corrected chi connectivity index (χ2v) is 2.53. The molecule has 0 aliphatic carbocycles. The molecule has 1 heterocycles. The van der Waals surface area contributed by atoms with Crippen LogP contribution >= 0.6 is 15.9 Å². The van der Waals surface area contributed by atoms with Crippen molar-refractivity contribution in [3.8, 4) is 0 Å². The average molecular weight is 208 g/mol. The zero-order valence-electron chi connectivity index (χ0n) is 13.0. The van der Waals surface area contributed by atoms with Crippen LogP contribution in [0.15, 0.2) is 16.7 Å². The third-order valence-electron chi connectivity index (χ3n) is 0.986. The van der Waals surface area contributed by atoms with Crippen molar-refractivity contribution in [1.29, 1.82) is 0 Å². The van der Waals surface area contributed by atoms with Crippen LogP contribution in [-0.2, 0) is 6.37 Å². The van der Waals surface area contributed by atoms with Crippen LogP contribution in [0.1, 0.15) is 29.1 Å². The molecular weight excluding hydrogens is 190 g/mol. The van der Waals surface area contributed by atoms with E-state index in [0.29, 0.717) is 0 Å². The van der Waals surface area contributed by atoms with Gasteiger partial charge >= 0.3 is 0 Å². The second kappa shape index (κ2) is 3.15. The van der Waals surface area contributed by atoms with Crippen molar-refractivity contribution < 1.29 is 11.0 Å². The van der Waals surface area contributed by atoms with E-state index in [1.54, 1.807) is 0 Å². The van der Waals surface area contributed by atoms with Gasteiger partial charge in [0.2, 0.25) is 0 Å². The molecule has 0 spiro atoms. The van der Waals surface area contributed by atoms with Crippen LogP contribution in [-0.4, -0.2) is 4.98 Å². The van der Waals surface area contributed by atoms with Gasteiger partial charge in [-0.2, -0.15) is 0 Å². The quantitative estimate of drug-likeness (QED) is 0.691. The van der Waals surface area contributed by atoms with Crippen molar-refractivity contribution in [2.45, 2.75) is 20.1 Å².